The average Bonchev–Trinajstić information content (AvgIpc) is 3.22. The summed E-state index contributed by atoms with van der Waals surface area (Å²) >= 11 is 0. The molecule has 2 rings (SSSR count). The summed E-state index contributed by atoms with van der Waals surface area (Å²) in [6.45, 7) is 0. The molecule has 0 atom stereocenters. The Hall–Kier alpha value is -1.83. The van der Waals surface area contributed by atoms with Crippen LogP contribution in [0.3, 0.4) is 0 Å². The van der Waals surface area contributed by atoms with Gasteiger partial charge in [0, 0.05) is 0 Å². The molecule has 8 heteroatoms. The SMILES string of the molecule is COC(=O)c1cc(NS(=O)(=O)C2CC2)ncc1OC. The topological polar surface area (TPSA) is 94.6 Å². The van der Waals surface area contributed by atoms with Gasteiger partial charge in [0.05, 0.1) is 25.7 Å². The number of carbonyl (C=O) groups is 1. The van der Waals surface area contributed by atoms with Crippen LogP contribution in [0.4, 0.5) is 5.82 Å². The van der Waals surface area contributed by atoms with E-state index in [2.05, 4.69) is 14.4 Å². The summed E-state index contributed by atoms with van der Waals surface area (Å²) in [6, 6.07) is 1.30. The van der Waals surface area contributed by atoms with Crippen molar-refractivity contribution in [3.05, 3.63) is 17.8 Å². The Bertz CT molecular complexity index is 595. The summed E-state index contributed by atoms with van der Waals surface area (Å²) in [5, 5.41) is -0.363. The first kappa shape index (κ1) is 13.6. The van der Waals surface area contributed by atoms with Crippen molar-refractivity contribution in [3.8, 4) is 5.75 Å². The molecule has 7 nitrogen and oxygen atoms in total. The van der Waals surface area contributed by atoms with E-state index >= 15 is 0 Å². The van der Waals surface area contributed by atoms with Crippen molar-refractivity contribution < 1.29 is 22.7 Å². The van der Waals surface area contributed by atoms with Crippen LogP contribution in [0.2, 0.25) is 0 Å². The number of methoxy groups -OCH3 is 2. The van der Waals surface area contributed by atoms with Crippen LogP contribution in [0.25, 0.3) is 0 Å². The number of rotatable bonds is 5. The lowest BCUT2D eigenvalue weighted by molar-refractivity contribution is 0.0597. The molecule has 19 heavy (non-hydrogen) atoms. The molecule has 0 spiro atoms. The molecule has 1 aliphatic rings. The van der Waals surface area contributed by atoms with Gasteiger partial charge in [-0.2, -0.15) is 0 Å². The first-order valence-corrected chi connectivity index (χ1v) is 7.16. The van der Waals surface area contributed by atoms with Crippen molar-refractivity contribution in [2.24, 2.45) is 0 Å². The van der Waals surface area contributed by atoms with Crippen LogP contribution in [0.15, 0.2) is 12.3 Å². The van der Waals surface area contributed by atoms with Gasteiger partial charge in [-0.05, 0) is 18.9 Å². The fraction of sp³-hybridized carbons (Fsp3) is 0.455. The van der Waals surface area contributed by atoms with Crippen LogP contribution in [-0.4, -0.2) is 38.8 Å². The van der Waals surface area contributed by atoms with Gasteiger partial charge in [-0.15, -0.1) is 0 Å². The molecular weight excluding hydrogens is 272 g/mol. The maximum atomic E-state index is 11.8. The Morgan fingerprint density at radius 1 is 1.42 bits per heavy atom. The van der Waals surface area contributed by atoms with Crippen molar-refractivity contribution in [1.82, 2.24) is 4.98 Å². The van der Waals surface area contributed by atoms with Gasteiger partial charge in [-0.25, -0.2) is 18.2 Å². The molecule has 0 amide bonds. The number of carbonyl (C=O) groups excluding carboxylic acids is 1. The molecule has 0 bridgehead atoms. The van der Waals surface area contributed by atoms with Gasteiger partial charge in [0.25, 0.3) is 0 Å². The molecular formula is C11H14N2O5S. The van der Waals surface area contributed by atoms with Crippen LogP contribution in [-0.2, 0) is 14.8 Å². The maximum absolute atomic E-state index is 11.8. The number of sulfonamides is 1. The molecule has 1 aromatic rings. The molecule has 0 aliphatic heterocycles. The van der Waals surface area contributed by atoms with E-state index in [1.165, 1.54) is 26.5 Å². The van der Waals surface area contributed by atoms with Crippen molar-refractivity contribution in [2.45, 2.75) is 18.1 Å². The third-order valence-electron chi connectivity index (χ3n) is 2.70. The number of hydrogen-bond acceptors (Lipinski definition) is 6. The molecule has 1 heterocycles. The number of ether oxygens (including phenoxy) is 2. The predicted molar refractivity (Wildman–Crippen MR) is 67.7 cm³/mol. The highest BCUT2D eigenvalue weighted by Gasteiger charge is 2.36. The standard InChI is InChI=1S/C11H14N2O5S/c1-17-9-6-12-10(5-8(9)11(14)18-2)13-19(15,16)7-3-4-7/h5-7H,3-4H2,1-2H3,(H,12,13). The Morgan fingerprint density at radius 2 is 2.11 bits per heavy atom. The molecule has 0 saturated heterocycles. The third-order valence-corrected chi connectivity index (χ3v) is 4.55. The number of hydrogen-bond donors (Lipinski definition) is 1. The van der Waals surface area contributed by atoms with E-state index in [1.807, 2.05) is 0 Å². The monoisotopic (exact) mass is 286 g/mol. The van der Waals surface area contributed by atoms with Gasteiger partial charge in [0.15, 0.2) is 5.75 Å². The first-order chi connectivity index (χ1) is 8.97. The highest BCUT2D eigenvalue weighted by molar-refractivity contribution is 7.93. The zero-order chi connectivity index (χ0) is 14.0. The summed E-state index contributed by atoms with van der Waals surface area (Å²) in [7, 11) is -0.796. The van der Waals surface area contributed by atoms with Crippen molar-refractivity contribution >= 4 is 21.8 Å². The number of anilines is 1. The third kappa shape index (κ3) is 2.95. The normalized spacial score (nSPS) is 14.8. The van der Waals surface area contributed by atoms with Crippen molar-refractivity contribution in [2.75, 3.05) is 18.9 Å². The summed E-state index contributed by atoms with van der Waals surface area (Å²) in [4.78, 5) is 15.4. The summed E-state index contributed by atoms with van der Waals surface area (Å²) in [5.41, 5.74) is 0.119. The van der Waals surface area contributed by atoms with E-state index < -0.39 is 16.0 Å². The Balaban J connectivity index is 2.30. The minimum absolute atomic E-state index is 0.0769. The second-order valence-electron chi connectivity index (χ2n) is 4.11. The number of pyridine rings is 1. The highest BCUT2D eigenvalue weighted by Crippen LogP contribution is 2.30. The Labute approximate surface area is 111 Å². The lowest BCUT2D eigenvalue weighted by atomic mass is 10.2. The van der Waals surface area contributed by atoms with E-state index in [-0.39, 0.29) is 22.4 Å². The Morgan fingerprint density at radius 3 is 2.63 bits per heavy atom. The highest BCUT2D eigenvalue weighted by atomic mass is 32.2. The number of nitrogens with one attached hydrogen (secondary N) is 1. The molecule has 0 radical (unpaired) electrons. The Kier molecular flexibility index (Phi) is 3.61. The summed E-state index contributed by atoms with van der Waals surface area (Å²) < 4.78 is 35.5. The van der Waals surface area contributed by atoms with Gasteiger partial charge < -0.3 is 9.47 Å². The van der Waals surface area contributed by atoms with Crippen molar-refractivity contribution in [3.63, 3.8) is 0 Å². The molecule has 104 valence electrons. The quantitative estimate of drug-likeness (QED) is 0.804. The fourth-order valence-electron chi connectivity index (χ4n) is 1.54. The zero-order valence-corrected chi connectivity index (χ0v) is 11.4. The van der Waals surface area contributed by atoms with Crippen molar-refractivity contribution in [1.29, 1.82) is 0 Å². The molecule has 0 aromatic carbocycles. The second kappa shape index (κ2) is 5.04. The molecule has 1 aromatic heterocycles. The first-order valence-electron chi connectivity index (χ1n) is 5.62. The van der Waals surface area contributed by atoms with E-state index in [9.17, 15) is 13.2 Å². The number of esters is 1. The minimum atomic E-state index is -3.41. The summed E-state index contributed by atoms with van der Waals surface area (Å²) in [5.74, 6) is -0.319. The van der Waals surface area contributed by atoms with E-state index in [0.29, 0.717) is 12.8 Å². The average molecular weight is 286 g/mol. The maximum Gasteiger partial charge on any atom is 0.341 e. The van der Waals surface area contributed by atoms with Gasteiger partial charge in [0.2, 0.25) is 10.0 Å². The van der Waals surface area contributed by atoms with Crippen LogP contribution >= 0.6 is 0 Å². The van der Waals surface area contributed by atoms with E-state index in [0.717, 1.165) is 0 Å². The molecule has 1 N–H and O–H groups in total. The fourth-order valence-corrected chi connectivity index (χ4v) is 2.86. The summed E-state index contributed by atoms with van der Waals surface area (Å²) in [6.07, 6.45) is 2.57. The van der Waals surface area contributed by atoms with E-state index in [4.69, 9.17) is 4.74 Å². The molecule has 1 saturated carbocycles. The smallest absolute Gasteiger partial charge is 0.341 e. The van der Waals surface area contributed by atoms with Gasteiger partial charge in [-0.1, -0.05) is 0 Å². The lowest BCUT2D eigenvalue weighted by Crippen LogP contribution is -2.18. The lowest BCUT2D eigenvalue weighted by Gasteiger charge is -2.10. The second-order valence-corrected chi connectivity index (χ2v) is 6.07. The predicted octanol–water partition coefficient (Wildman–Crippen LogP) is 0.781. The van der Waals surface area contributed by atoms with Crippen LogP contribution in [0.5, 0.6) is 5.75 Å². The minimum Gasteiger partial charge on any atom is -0.494 e. The van der Waals surface area contributed by atoms with Gasteiger partial charge in [-0.3, -0.25) is 4.72 Å². The molecule has 1 fully saturated rings. The number of nitrogens with zero attached hydrogens (tertiary/aromatic N) is 1. The zero-order valence-electron chi connectivity index (χ0n) is 10.5. The molecule has 0 unspecified atom stereocenters. The van der Waals surface area contributed by atoms with E-state index in [1.54, 1.807) is 0 Å². The van der Waals surface area contributed by atoms with Crippen LogP contribution in [0, 0.1) is 0 Å². The van der Waals surface area contributed by atoms with Crippen LogP contribution < -0.4 is 9.46 Å². The van der Waals surface area contributed by atoms with Gasteiger partial charge >= 0.3 is 5.97 Å². The largest absolute Gasteiger partial charge is 0.494 e. The van der Waals surface area contributed by atoms with Crippen LogP contribution in [0.1, 0.15) is 23.2 Å². The number of aromatic nitrogens is 1. The molecule has 1 aliphatic carbocycles. The van der Waals surface area contributed by atoms with Gasteiger partial charge in [0.1, 0.15) is 11.4 Å².